The number of benzene rings is 3. The smallest absolute Gasteiger partial charge is 0.191 e. The van der Waals surface area contributed by atoms with E-state index in [4.69, 9.17) is 9.47 Å². The summed E-state index contributed by atoms with van der Waals surface area (Å²) < 4.78 is 10.5. The standard InChI is InChI=1S/C27H23NO4S/c1-31-20-11-7-17(8-12-20)25(29)19-15-22(26(30)18-9-13-21(32-2)14-10-18)27-28(16-19)23-5-3-4-6-24(23)33-27/h3-14,19H,15-16H2,1-2H3. The van der Waals surface area contributed by atoms with Gasteiger partial charge >= 0.3 is 0 Å². The van der Waals surface area contributed by atoms with E-state index in [0.717, 1.165) is 15.6 Å². The zero-order valence-corrected chi connectivity index (χ0v) is 19.2. The number of nitrogens with zero attached hydrogens (tertiary/aromatic N) is 1. The minimum atomic E-state index is -0.328. The molecule has 5 rings (SSSR count). The zero-order valence-electron chi connectivity index (χ0n) is 18.4. The van der Waals surface area contributed by atoms with Crippen molar-refractivity contribution in [1.82, 2.24) is 0 Å². The largest absolute Gasteiger partial charge is 0.497 e. The molecule has 0 aromatic heterocycles. The predicted molar refractivity (Wildman–Crippen MR) is 129 cm³/mol. The third-order valence-corrected chi connectivity index (χ3v) is 7.32. The number of allylic oxidation sites excluding steroid dienone is 1. The van der Waals surface area contributed by atoms with Crippen molar-refractivity contribution in [3.05, 3.63) is 94.5 Å². The molecule has 3 aromatic carbocycles. The van der Waals surface area contributed by atoms with Crippen LogP contribution in [0, 0.1) is 5.92 Å². The molecule has 0 N–H and O–H groups in total. The number of carbonyl (C=O) groups excluding carboxylic acids is 2. The lowest BCUT2D eigenvalue weighted by molar-refractivity contribution is 0.0915. The van der Waals surface area contributed by atoms with E-state index >= 15 is 0 Å². The number of fused-ring (bicyclic) bond motifs is 3. The summed E-state index contributed by atoms with van der Waals surface area (Å²) in [6.07, 6.45) is 0.405. The van der Waals surface area contributed by atoms with Crippen molar-refractivity contribution in [2.45, 2.75) is 11.3 Å². The molecule has 2 aliphatic heterocycles. The van der Waals surface area contributed by atoms with E-state index in [1.165, 1.54) is 0 Å². The zero-order chi connectivity index (χ0) is 22.9. The second-order valence-electron chi connectivity index (χ2n) is 8.02. The van der Waals surface area contributed by atoms with E-state index in [1.807, 2.05) is 18.2 Å². The number of methoxy groups -OCH3 is 2. The number of carbonyl (C=O) groups is 2. The average Bonchev–Trinajstić information content (AvgIpc) is 3.26. The van der Waals surface area contributed by atoms with Crippen LogP contribution in [0.3, 0.4) is 0 Å². The van der Waals surface area contributed by atoms with Crippen LogP contribution in [0.15, 0.2) is 88.3 Å². The van der Waals surface area contributed by atoms with Gasteiger partial charge < -0.3 is 14.4 Å². The lowest BCUT2D eigenvalue weighted by atomic mass is 9.85. The molecule has 2 aliphatic rings. The summed E-state index contributed by atoms with van der Waals surface area (Å²) in [5.41, 5.74) is 2.94. The Morgan fingerprint density at radius 2 is 1.45 bits per heavy atom. The van der Waals surface area contributed by atoms with Crippen molar-refractivity contribution < 1.29 is 19.1 Å². The second kappa shape index (κ2) is 8.79. The third-order valence-electron chi connectivity index (χ3n) is 6.09. The molecule has 1 unspecified atom stereocenters. The Hall–Kier alpha value is -3.51. The van der Waals surface area contributed by atoms with Gasteiger partial charge in [0.2, 0.25) is 0 Å². The molecule has 6 heteroatoms. The Bertz CT molecular complexity index is 1250. The fourth-order valence-electron chi connectivity index (χ4n) is 4.33. The highest BCUT2D eigenvalue weighted by molar-refractivity contribution is 8.03. The average molecular weight is 458 g/mol. The Labute approximate surface area is 197 Å². The van der Waals surface area contributed by atoms with Crippen LogP contribution in [-0.4, -0.2) is 32.3 Å². The molecule has 0 saturated heterocycles. The highest BCUT2D eigenvalue weighted by Gasteiger charge is 2.39. The molecule has 33 heavy (non-hydrogen) atoms. The molecule has 5 nitrogen and oxygen atoms in total. The van der Waals surface area contributed by atoms with E-state index in [-0.39, 0.29) is 17.5 Å². The molecule has 0 fully saturated rings. The van der Waals surface area contributed by atoms with Crippen LogP contribution < -0.4 is 14.4 Å². The Balaban J connectivity index is 1.52. The van der Waals surface area contributed by atoms with Crippen LogP contribution in [0.2, 0.25) is 0 Å². The first kappa shape index (κ1) is 21.3. The number of thioether (sulfide) groups is 1. The SMILES string of the molecule is COc1ccc(C(=O)C2=C3Sc4ccccc4N3CC(C(=O)c3ccc(OC)cc3)C2)cc1. The van der Waals surface area contributed by atoms with Gasteiger partial charge in [-0.05, 0) is 67.1 Å². The molecular formula is C27H23NO4S. The minimum Gasteiger partial charge on any atom is -0.497 e. The van der Waals surface area contributed by atoms with Gasteiger partial charge in [0, 0.05) is 34.1 Å². The molecule has 0 spiro atoms. The predicted octanol–water partition coefficient (Wildman–Crippen LogP) is 5.61. The number of ketones is 2. The van der Waals surface area contributed by atoms with Gasteiger partial charge in [0.25, 0.3) is 0 Å². The first-order chi connectivity index (χ1) is 16.1. The highest BCUT2D eigenvalue weighted by Crippen LogP contribution is 2.51. The van der Waals surface area contributed by atoms with E-state index in [2.05, 4.69) is 11.0 Å². The van der Waals surface area contributed by atoms with Crippen molar-refractivity contribution in [1.29, 1.82) is 0 Å². The van der Waals surface area contributed by atoms with E-state index in [0.29, 0.717) is 41.2 Å². The molecule has 3 aromatic rings. The van der Waals surface area contributed by atoms with Gasteiger partial charge in [-0.1, -0.05) is 23.9 Å². The van der Waals surface area contributed by atoms with Crippen molar-refractivity contribution in [2.24, 2.45) is 5.92 Å². The molecule has 0 amide bonds. The van der Waals surface area contributed by atoms with Crippen LogP contribution in [0.1, 0.15) is 27.1 Å². The van der Waals surface area contributed by atoms with Gasteiger partial charge in [-0.25, -0.2) is 0 Å². The van der Waals surface area contributed by atoms with Gasteiger partial charge in [-0.2, -0.15) is 0 Å². The fraction of sp³-hybridized carbons (Fsp3) is 0.185. The summed E-state index contributed by atoms with van der Waals surface area (Å²) in [5.74, 6) is 1.06. The van der Waals surface area contributed by atoms with Gasteiger partial charge in [-0.15, -0.1) is 0 Å². The summed E-state index contributed by atoms with van der Waals surface area (Å²) in [6, 6.07) is 22.4. The Morgan fingerprint density at radius 3 is 2.09 bits per heavy atom. The normalized spacial score (nSPS) is 16.8. The molecular weight excluding hydrogens is 434 g/mol. The lowest BCUT2D eigenvalue weighted by Gasteiger charge is -2.32. The van der Waals surface area contributed by atoms with Crippen LogP contribution in [0.4, 0.5) is 5.69 Å². The number of Topliss-reactive ketones (excluding diaryl/α,β-unsaturated/α-hetero) is 2. The third kappa shape index (κ3) is 3.91. The summed E-state index contributed by atoms with van der Waals surface area (Å²) in [6.45, 7) is 0.545. The van der Waals surface area contributed by atoms with Crippen LogP contribution >= 0.6 is 11.8 Å². The quantitative estimate of drug-likeness (QED) is 0.448. The second-order valence-corrected chi connectivity index (χ2v) is 9.05. The Morgan fingerprint density at radius 1 is 0.848 bits per heavy atom. The number of ether oxygens (including phenoxy) is 2. The minimum absolute atomic E-state index is 0.0334. The number of para-hydroxylation sites is 1. The molecule has 1 atom stereocenters. The van der Waals surface area contributed by atoms with Crippen molar-refractivity contribution in [3.8, 4) is 11.5 Å². The monoisotopic (exact) mass is 457 g/mol. The molecule has 0 aliphatic carbocycles. The van der Waals surface area contributed by atoms with Gasteiger partial charge in [-0.3, -0.25) is 9.59 Å². The van der Waals surface area contributed by atoms with E-state index < -0.39 is 0 Å². The van der Waals surface area contributed by atoms with Gasteiger partial charge in [0.05, 0.1) is 24.9 Å². The maximum absolute atomic E-state index is 13.6. The number of anilines is 1. The van der Waals surface area contributed by atoms with Crippen molar-refractivity contribution >= 4 is 29.0 Å². The van der Waals surface area contributed by atoms with Crippen molar-refractivity contribution in [2.75, 3.05) is 25.7 Å². The number of rotatable bonds is 6. The molecule has 0 saturated carbocycles. The fourth-order valence-corrected chi connectivity index (χ4v) is 5.55. The first-order valence-corrected chi connectivity index (χ1v) is 11.5. The maximum Gasteiger partial charge on any atom is 0.191 e. The highest BCUT2D eigenvalue weighted by atomic mass is 32.2. The van der Waals surface area contributed by atoms with E-state index in [1.54, 1.807) is 74.5 Å². The molecule has 166 valence electrons. The summed E-state index contributed by atoms with van der Waals surface area (Å²) in [7, 11) is 3.20. The number of hydrogen-bond acceptors (Lipinski definition) is 6. The van der Waals surface area contributed by atoms with Crippen LogP contribution in [0.25, 0.3) is 0 Å². The first-order valence-electron chi connectivity index (χ1n) is 10.7. The molecule has 0 radical (unpaired) electrons. The Kier molecular flexibility index (Phi) is 5.68. The van der Waals surface area contributed by atoms with E-state index in [9.17, 15) is 9.59 Å². The summed E-state index contributed by atoms with van der Waals surface area (Å²) in [4.78, 5) is 30.3. The van der Waals surface area contributed by atoms with Crippen molar-refractivity contribution in [3.63, 3.8) is 0 Å². The van der Waals surface area contributed by atoms with Gasteiger partial charge in [0.15, 0.2) is 11.6 Å². The summed E-state index contributed by atoms with van der Waals surface area (Å²) >= 11 is 1.61. The molecule has 0 bridgehead atoms. The van der Waals surface area contributed by atoms with Gasteiger partial charge in [0.1, 0.15) is 11.5 Å². The van der Waals surface area contributed by atoms with Crippen LogP contribution in [0.5, 0.6) is 11.5 Å². The van der Waals surface area contributed by atoms with Crippen LogP contribution in [-0.2, 0) is 0 Å². The lowest BCUT2D eigenvalue weighted by Crippen LogP contribution is -2.37. The molecule has 2 heterocycles. The maximum atomic E-state index is 13.6. The topological polar surface area (TPSA) is 55.8 Å². The number of hydrogen-bond donors (Lipinski definition) is 0. The summed E-state index contributed by atoms with van der Waals surface area (Å²) in [5, 5.41) is 0.927.